The molecule has 1 aliphatic rings. The van der Waals surface area contributed by atoms with E-state index < -0.39 is 5.97 Å². The molecular weight excluding hydrogens is 346 g/mol. The van der Waals surface area contributed by atoms with Crippen LogP contribution >= 0.6 is 0 Å². The summed E-state index contributed by atoms with van der Waals surface area (Å²) in [6, 6.07) is 11.9. The highest BCUT2D eigenvalue weighted by molar-refractivity contribution is 6.08. The number of hydrogen-bond donors (Lipinski definition) is 2. The van der Waals surface area contributed by atoms with Gasteiger partial charge in [0.2, 0.25) is 0 Å². The number of pyridine rings is 1. The molecule has 0 spiro atoms. The number of anilines is 3. The van der Waals surface area contributed by atoms with E-state index in [2.05, 4.69) is 15.2 Å². The third kappa shape index (κ3) is 3.37. The third-order valence-corrected chi connectivity index (χ3v) is 4.58. The Morgan fingerprint density at radius 1 is 1.15 bits per heavy atom. The monoisotopic (exact) mass is 364 g/mol. The molecule has 4 rings (SSSR count). The maximum atomic E-state index is 11.7. The smallest absolute Gasteiger partial charge is 0.339 e. The molecule has 7 nitrogen and oxygen atoms in total. The van der Waals surface area contributed by atoms with Crippen LogP contribution in [-0.2, 0) is 4.74 Å². The lowest BCUT2D eigenvalue weighted by Crippen LogP contribution is -2.36. The van der Waals surface area contributed by atoms with Crippen molar-refractivity contribution in [3.05, 3.63) is 54.2 Å². The molecule has 0 saturated carbocycles. The Morgan fingerprint density at radius 2 is 1.89 bits per heavy atom. The zero-order valence-corrected chi connectivity index (χ0v) is 14.5. The lowest BCUT2D eigenvalue weighted by Gasteiger charge is -2.29. The van der Waals surface area contributed by atoms with Crippen LogP contribution in [0.3, 0.4) is 0 Å². The molecule has 0 radical (unpaired) electrons. The van der Waals surface area contributed by atoms with E-state index in [9.17, 15) is 15.0 Å². The highest BCUT2D eigenvalue weighted by Gasteiger charge is 2.19. The first-order valence-electron chi connectivity index (χ1n) is 8.65. The Morgan fingerprint density at radius 3 is 2.59 bits per heavy atom. The molecule has 1 fully saturated rings. The van der Waals surface area contributed by atoms with Gasteiger partial charge in [0, 0.05) is 30.4 Å². The first-order valence-corrected chi connectivity index (χ1v) is 8.65. The molecule has 0 aliphatic carbocycles. The molecule has 2 aromatic carbocycles. The van der Waals surface area contributed by atoms with Crippen molar-refractivity contribution in [3.8, 4) is 5.75 Å². The van der Waals surface area contributed by atoms with Crippen molar-refractivity contribution in [1.29, 1.82) is 0 Å². The Bertz CT molecular complexity index is 982. The standard InChI is InChI=1S/C20H19N3O4/c24-14-6-4-13(5-7-14)22-18-15-2-1-3-17(23-8-10-27-11-9-23)19(15)21-12-16(18)20(25)26/h1-7,12,24H,8-11H2,(H,21,22)(H,25,26)/p-1. The van der Waals surface area contributed by atoms with Crippen LogP contribution in [0.4, 0.5) is 17.1 Å². The molecule has 3 aromatic rings. The summed E-state index contributed by atoms with van der Waals surface area (Å²) in [5.41, 5.74) is 2.86. The summed E-state index contributed by atoms with van der Waals surface area (Å²) >= 11 is 0. The number of ether oxygens (including phenoxy) is 1. The molecule has 27 heavy (non-hydrogen) atoms. The lowest BCUT2D eigenvalue weighted by molar-refractivity contribution is -0.268. The maximum Gasteiger partial charge on any atom is 0.339 e. The highest BCUT2D eigenvalue weighted by atomic mass is 16.5. The van der Waals surface area contributed by atoms with E-state index in [1.54, 1.807) is 12.1 Å². The van der Waals surface area contributed by atoms with Crippen molar-refractivity contribution in [3.63, 3.8) is 0 Å². The topological polar surface area (TPSA) is 97.8 Å². The van der Waals surface area contributed by atoms with Crippen molar-refractivity contribution < 1.29 is 19.7 Å². The molecular formula is C20H18N3O4-. The number of morpholine rings is 1. The number of nitrogens with zero attached hydrogens (tertiary/aromatic N) is 2. The Balaban J connectivity index is 1.85. The number of benzene rings is 2. The molecule has 138 valence electrons. The predicted molar refractivity (Wildman–Crippen MR) is 101 cm³/mol. The quantitative estimate of drug-likeness (QED) is 0.734. The molecule has 0 amide bonds. The largest absolute Gasteiger partial charge is 0.872 e. The van der Waals surface area contributed by atoms with E-state index in [-0.39, 0.29) is 11.3 Å². The van der Waals surface area contributed by atoms with Gasteiger partial charge in [-0.3, -0.25) is 4.98 Å². The zero-order valence-electron chi connectivity index (χ0n) is 14.5. The average Bonchev–Trinajstić information content (AvgIpc) is 2.70. The fraction of sp³-hybridized carbons (Fsp3) is 0.200. The number of carboxylic acid groups (broad SMARTS) is 1. The predicted octanol–water partition coefficient (Wildman–Crippen LogP) is 2.59. The number of fused-ring (bicyclic) bond motifs is 1. The minimum Gasteiger partial charge on any atom is -0.872 e. The van der Waals surface area contributed by atoms with Gasteiger partial charge in [-0.25, -0.2) is 4.79 Å². The summed E-state index contributed by atoms with van der Waals surface area (Å²) in [7, 11) is 0. The van der Waals surface area contributed by atoms with E-state index in [1.165, 1.54) is 18.3 Å². The van der Waals surface area contributed by atoms with Crippen LogP contribution < -0.4 is 15.3 Å². The van der Waals surface area contributed by atoms with Gasteiger partial charge in [-0.05, 0) is 18.2 Å². The molecule has 2 heterocycles. The first kappa shape index (κ1) is 17.1. The molecule has 1 aliphatic heterocycles. The van der Waals surface area contributed by atoms with Gasteiger partial charge in [0.05, 0.1) is 30.1 Å². The fourth-order valence-electron chi connectivity index (χ4n) is 3.25. The number of rotatable bonds is 4. The molecule has 0 atom stereocenters. The van der Waals surface area contributed by atoms with Crippen LogP contribution in [0.5, 0.6) is 5.75 Å². The van der Waals surface area contributed by atoms with Crippen LogP contribution in [0.15, 0.2) is 48.7 Å². The molecule has 0 bridgehead atoms. The molecule has 1 aromatic heterocycles. The summed E-state index contributed by atoms with van der Waals surface area (Å²) < 4.78 is 5.42. The number of aromatic nitrogens is 1. The van der Waals surface area contributed by atoms with Crippen LogP contribution in [0, 0.1) is 0 Å². The van der Waals surface area contributed by atoms with Gasteiger partial charge in [-0.1, -0.05) is 24.3 Å². The molecule has 1 saturated heterocycles. The second-order valence-electron chi connectivity index (χ2n) is 6.27. The van der Waals surface area contributed by atoms with Crippen LogP contribution in [0.2, 0.25) is 0 Å². The Labute approximate surface area is 155 Å². The van der Waals surface area contributed by atoms with Gasteiger partial charge < -0.3 is 25.2 Å². The number of carbonyl (C=O) groups is 1. The summed E-state index contributed by atoms with van der Waals surface area (Å²) in [6.45, 7) is 2.82. The second-order valence-corrected chi connectivity index (χ2v) is 6.27. The van der Waals surface area contributed by atoms with Gasteiger partial charge in [0.1, 0.15) is 5.56 Å². The number of aromatic carboxylic acids is 1. The minimum atomic E-state index is -1.07. The van der Waals surface area contributed by atoms with E-state index in [4.69, 9.17) is 4.74 Å². The summed E-state index contributed by atoms with van der Waals surface area (Å²) in [5, 5.41) is 24.8. The fourth-order valence-corrected chi connectivity index (χ4v) is 3.25. The summed E-state index contributed by atoms with van der Waals surface area (Å²) in [5.74, 6) is -1.17. The van der Waals surface area contributed by atoms with E-state index in [0.29, 0.717) is 30.0 Å². The van der Waals surface area contributed by atoms with Crippen molar-refractivity contribution in [2.75, 3.05) is 36.5 Å². The van der Waals surface area contributed by atoms with E-state index in [0.717, 1.165) is 24.3 Å². The van der Waals surface area contributed by atoms with Crippen molar-refractivity contribution in [1.82, 2.24) is 4.98 Å². The normalized spacial score (nSPS) is 14.3. The lowest BCUT2D eigenvalue weighted by atomic mass is 10.1. The maximum absolute atomic E-state index is 11.7. The third-order valence-electron chi connectivity index (χ3n) is 4.58. The number of nitrogens with one attached hydrogen (secondary N) is 1. The minimum absolute atomic E-state index is 0.0767. The van der Waals surface area contributed by atoms with Crippen molar-refractivity contribution in [2.45, 2.75) is 0 Å². The average molecular weight is 364 g/mol. The Hall–Kier alpha value is -3.32. The molecule has 0 unspecified atom stereocenters. The van der Waals surface area contributed by atoms with E-state index in [1.807, 2.05) is 18.2 Å². The van der Waals surface area contributed by atoms with Crippen LogP contribution in [0.1, 0.15) is 10.4 Å². The molecule has 7 heteroatoms. The second kappa shape index (κ2) is 7.13. The number of para-hydroxylation sites is 1. The zero-order chi connectivity index (χ0) is 18.8. The first-order chi connectivity index (χ1) is 13.1. The number of hydrogen-bond acceptors (Lipinski definition) is 6. The van der Waals surface area contributed by atoms with Gasteiger partial charge in [-0.15, -0.1) is 5.75 Å². The Kier molecular flexibility index (Phi) is 4.52. The highest BCUT2D eigenvalue weighted by Crippen LogP contribution is 2.34. The molecule has 2 N–H and O–H groups in total. The van der Waals surface area contributed by atoms with Gasteiger partial charge in [-0.2, -0.15) is 0 Å². The summed E-state index contributed by atoms with van der Waals surface area (Å²) in [4.78, 5) is 18.4. The van der Waals surface area contributed by atoms with Crippen molar-refractivity contribution in [2.24, 2.45) is 0 Å². The number of carboxylic acids is 1. The van der Waals surface area contributed by atoms with Crippen LogP contribution in [-0.4, -0.2) is 42.4 Å². The van der Waals surface area contributed by atoms with Crippen molar-refractivity contribution >= 4 is 33.9 Å². The van der Waals surface area contributed by atoms with Gasteiger partial charge in [0.15, 0.2) is 0 Å². The summed E-state index contributed by atoms with van der Waals surface area (Å²) in [6.07, 6.45) is 1.37. The van der Waals surface area contributed by atoms with E-state index >= 15 is 0 Å². The van der Waals surface area contributed by atoms with Gasteiger partial charge >= 0.3 is 5.97 Å². The SMILES string of the molecule is O=C(O)c1cnc2c(N3CCOCC3)cccc2c1Nc1ccc([O-])cc1. The van der Waals surface area contributed by atoms with Gasteiger partial charge in [0.25, 0.3) is 0 Å². The van der Waals surface area contributed by atoms with Crippen LogP contribution in [0.25, 0.3) is 10.9 Å².